The summed E-state index contributed by atoms with van der Waals surface area (Å²) in [5, 5.41) is 11.3. The van der Waals surface area contributed by atoms with Gasteiger partial charge >= 0.3 is 5.97 Å². The Labute approximate surface area is 113 Å². The highest BCUT2D eigenvalue weighted by atomic mass is 19.2. The first-order valence-electron chi connectivity index (χ1n) is 5.70. The smallest absolute Gasteiger partial charge is 0.336 e. The predicted octanol–water partition coefficient (Wildman–Crippen LogP) is 1.94. The number of carboxylic acids is 1. The van der Waals surface area contributed by atoms with Gasteiger partial charge in [-0.3, -0.25) is 4.79 Å². The Morgan fingerprint density at radius 1 is 1.30 bits per heavy atom. The zero-order valence-electron chi connectivity index (χ0n) is 10.5. The molecule has 0 unspecified atom stereocenters. The number of carboxylic acid groups (broad SMARTS) is 1. The SMILES string of the molecule is C=COCCCNC(=O)c1cc(F)c(F)cc1C(=O)O. The van der Waals surface area contributed by atoms with Crippen molar-refractivity contribution in [2.24, 2.45) is 0 Å². The van der Waals surface area contributed by atoms with Gasteiger partial charge in [-0.15, -0.1) is 0 Å². The molecular formula is C13H13F2NO4. The molecule has 2 N–H and O–H groups in total. The van der Waals surface area contributed by atoms with Gasteiger partial charge in [-0.25, -0.2) is 13.6 Å². The summed E-state index contributed by atoms with van der Waals surface area (Å²) < 4.78 is 30.9. The summed E-state index contributed by atoms with van der Waals surface area (Å²) in [6.07, 6.45) is 1.71. The van der Waals surface area contributed by atoms with E-state index in [1.165, 1.54) is 6.26 Å². The Balaban J connectivity index is 2.79. The number of hydrogen-bond acceptors (Lipinski definition) is 3. The molecule has 0 saturated heterocycles. The van der Waals surface area contributed by atoms with Crippen molar-refractivity contribution in [3.05, 3.63) is 47.7 Å². The topological polar surface area (TPSA) is 75.6 Å². The molecule has 0 aromatic heterocycles. The third-order valence-electron chi connectivity index (χ3n) is 2.38. The maximum atomic E-state index is 13.1. The highest BCUT2D eigenvalue weighted by molar-refractivity contribution is 6.04. The number of ether oxygens (including phenoxy) is 1. The van der Waals surface area contributed by atoms with Crippen LogP contribution < -0.4 is 5.32 Å². The van der Waals surface area contributed by atoms with Crippen LogP contribution in [-0.4, -0.2) is 30.1 Å². The Kier molecular flexibility index (Phi) is 5.64. The van der Waals surface area contributed by atoms with Crippen LogP contribution in [0.3, 0.4) is 0 Å². The van der Waals surface area contributed by atoms with Crippen LogP contribution in [0.1, 0.15) is 27.1 Å². The summed E-state index contributed by atoms with van der Waals surface area (Å²) in [5.41, 5.74) is -1.02. The summed E-state index contributed by atoms with van der Waals surface area (Å²) in [6, 6.07) is 1.04. The number of carbonyl (C=O) groups excluding carboxylic acids is 1. The lowest BCUT2D eigenvalue weighted by Crippen LogP contribution is -2.27. The molecule has 0 radical (unpaired) electrons. The average molecular weight is 285 g/mol. The van der Waals surface area contributed by atoms with E-state index in [9.17, 15) is 18.4 Å². The quantitative estimate of drug-likeness (QED) is 0.593. The van der Waals surface area contributed by atoms with E-state index in [1.54, 1.807) is 0 Å². The lowest BCUT2D eigenvalue weighted by molar-refractivity contribution is 0.0690. The van der Waals surface area contributed by atoms with E-state index in [0.717, 1.165) is 0 Å². The molecule has 1 aromatic rings. The highest BCUT2D eigenvalue weighted by Crippen LogP contribution is 2.15. The van der Waals surface area contributed by atoms with Crippen molar-refractivity contribution < 1.29 is 28.2 Å². The van der Waals surface area contributed by atoms with Gasteiger partial charge in [0, 0.05) is 6.54 Å². The summed E-state index contributed by atoms with van der Waals surface area (Å²) in [4.78, 5) is 22.6. The first-order chi connectivity index (χ1) is 9.47. The number of aromatic carboxylic acids is 1. The number of halogens is 2. The van der Waals surface area contributed by atoms with E-state index in [2.05, 4.69) is 11.9 Å². The first-order valence-corrected chi connectivity index (χ1v) is 5.70. The number of hydrogen-bond donors (Lipinski definition) is 2. The van der Waals surface area contributed by atoms with E-state index in [0.29, 0.717) is 25.2 Å². The lowest BCUT2D eigenvalue weighted by Gasteiger charge is -2.08. The number of amides is 1. The molecule has 0 aliphatic carbocycles. The number of benzene rings is 1. The number of carbonyl (C=O) groups is 2. The Hall–Kier alpha value is -2.44. The Morgan fingerprint density at radius 2 is 1.90 bits per heavy atom. The fraction of sp³-hybridized carbons (Fsp3) is 0.231. The number of rotatable bonds is 7. The molecule has 7 heteroatoms. The fourth-order valence-electron chi connectivity index (χ4n) is 1.45. The van der Waals surface area contributed by atoms with Crippen molar-refractivity contribution >= 4 is 11.9 Å². The second-order valence-electron chi connectivity index (χ2n) is 3.76. The van der Waals surface area contributed by atoms with E-state index in [4.69, 9.17) is 9.84 Å². The lowest BCUT2D eigenvalue weighted by atomic mass is 10.1. The molecule has 0 heterocycles. The minimum Gasteiger partial charge on any atom is -0.502 e. The maximum Gasteiger partial charge on any atom is 0.336 e. The van der Waals surface area contributed by atoms with Gasteiger partial charge in [0.2, 0.25) is 0 Å². The third-order valence-corrected chi connectivity index (χ3v) is 2.38. The van der Waals surface area contributed by atoms with Crippen molar-refractivity contribution in [3.63, 3.8) is 0 Å². The molecule has 1 amide bonds. The van der Waals surface area contributed by atoms with Crippen LogP contribution in [0.5, 0.6) is 0 Å². The molecule has 0 atom stereocenters. The minimum absolute atomic E-state index is 0.199. The molecule has 0 spiro atoms. The zero-order chi connectivity index (χ0) is 15.1. The van der Waals surface area contributed by atoms with Crippen LogP contribution in [0.4, 0.5) is 8.78 Å². The highest BCUT2D eigenvalue weighted by Gasteiger charge is 2.20. The summed E-state index contributed by atoms with van der Waals surface area (Å²) >= 11 is 0. The van der Waals surface area contributed by atoms with Gasteiger partial charge in [0.1, 0.15) is 0 Å². The minimum atomic E-state index is -1.51. The van der Waals surface area contributed by atoms with Crippen LogP contribution in [-0.2, 0) is 4.74 Å². The summed E-state index contributed by atoms with van der Waals surface area (Å²) in [5.74, 6) is -4.91. The van der Waals surface area contributed by atoms with Crippen LogP contribution in [0.25, 0.3) is 0 Å². The third kappa shape index (κ3) is 4.04. The zero-order valence-corrected chi connectivity index (χ0v) is 10.5. The predicted molar refractivity (Wildman–Crippen MR) is 66.4 cm³/mol. The van der Waals surface area contributed by atoms with Crippen LogP contribution in [0, 0.1) is 11.6 Å². The van der Waals surface area contributed by atoms with Crippen molar-refractivity contribution in [2.75, 3.05) is 13.2 Å². The molecule has 0 fully saturated rings. The second-order valence-corrected chi connectivity index (χ2v) is 3.76. The number of nitrogens with one attached hydrogen (secondary N) is 1. The molecular weight excluding hydrogens is 272 g/mol. The van der Waals surface area contributed by atoms with Gasteiger partial charge < -0.3 is 15.2 Å². The van der Waals surface area contributed by atoms with Gasteiger partial charge in [-0.1, -0.05) is 6.58 Å². The van der Waals surface area contributed by atoms with Gasteiger partial charge in [-0.2, -0.15) is 0 Å². The fourth-order valence-corrected chi connectivity index (χ4v) is 1.45. The molecule has 108 valence electrons. The average Bonchev–Trinajstić information content (AvgIpc) is 2.40. The van der Waals surface area contributed by atoms with Gasteiger partial charge in [0.05, 0.1) is 24.0 Å². The van der Waals surface area contributed by atoms with Crippen LogP contribution >= 0.6 is 0 Å². The van der Waals surface area contributed by atoms with E-state index in [-0.39, 0.29) is 6.54 Å². The molecule has 20 heavy (non-hydrogen) atoms. The molecule has 1 rings (SSSR count). The molecule has 5 nitrogen and oxygen atoms in total. The molecule has 1 aromatic carbocycles. The first kappa shape index (κ1) is 15.6. The normalized spacial score (nSPS) is 9.90. The van der Waals surface area contributed by atoms with Crippen molar-refractivity contribution in [1.82, 2.24) is 5.32 Å². The molecule has 0 aliphatic rings. The standard InChI is InChI=1S/C13H13F2NO4/c1-2-20-5-3-4-16-12(17)8-6-10(14)11(15)7-9(8)13(18)19/h2,6-7H,1,3-5H2,(H,16,17)(H,18,19). The molecule has 0 bridgehead atoms. The Bertz CT molecular complexity index is 531. The van der Waals surface area contributed by atoms with Crippen LogP contribution in [0.2, 0.25) is 0 Å². The van der Waals surface area contributed by atoms with Crippen molar-refractivity contribution in [1.29, 1.82) is 0 Å². The maximum absolute atomic E-state index is 13.1. The van der Waals surface area contributed by atoms with Gasteiger partial charge in [-0.05, 0) is 18.6 Å². The second kappa shape index (κ2) is 7.22. The molecule has 0 aliphatic heterocycles. The monoisotopic (exact) mass is 285 g/mol. The van der Waals surface area contributed by atoms with E-state index >= 15 is 0 Å². The van der Waals surface area contributed by atoms with Gasteiger partial charge in [0.15, 0.2) is 11.6 Å². The van der Waals surface area contributed by atoms with Crippen molar-refractivity contribution in [2.45, 2.75) is 6.42 Å². The molecule has 0 saturated carbocycles. The van der Waals surface area contributed by atoms with E-state index in [1.807, 2.05) is 0 Å². The van der Waals surface area contributed by atoms with Crippen LogP contribution in [0.15, 0.2) is 25.0 Å². The summed E-state index contributed by atoms with van der Waals surface area (Å²) in [7, 11) is 0. The largest absolute Gasteiger partial charge is 0.502 e. The Morgan fingerprint density at radius 3 is 2.45 bits per heavy atom. The van der Waals surface area contributed by atoms with Gasteiger partial charge in [0.25, 0.3) is 5.91 Å². The summed E-state index contributed by atoms with van der Waals surface area (Å²) in [6.45, 7) is 3.86. The van der Waals surface area contributed by atoms with Crippen molar-refractivity contribution in [3.8, 4) is 0 Å². The van der Waals surface area contributed by atoms with E-state index < -0.39 is 34.6 Å².